The van der Waals surface area contributed by atoms with Crippen LogP contribution in [-0.4, -0.2) is 18.4 Å². The Hall–Kier alpha value is -2.06. The molecule has 0 fully saturated rings. The normalized spacial score (nSPS) is 21.7. The molecule has 1 aliphatic heterocycles. The number of anilines is 1. The van der Waals surface area contributed by atoms with E-state index in [-0.39, 0.29) is 16.7 Å². The van der Waals surface area contributed by atoms with Crippen LogP contribution in [0.2, 0.25) is 5.02 Å². The average molecular weight is 368 g/mol. The Balaban J connectivity index is 2.20. The Morgan fingerprint density at radius 3 is 2.38 bits per heavy atom. The number of rotatable bonds is 3. The number of hydrogen-bond donors (Lipinski definition) is 0. The highest BCUT2D eigenvalue weighted by Gasteiger charge is 2.44. The predicted molar refractivity (Wildman–Crippen MR) is 111 cm³/mol. The average Bonchev–Trinajstić information content (AvgIpc) is 2.58. The Labute approximate surface area is 161 Å². The fraction of sp³-hybridized carbons (Fsp3) is 0.348. The number of ketones is 1. The summed E-state index contributed by atoms with van der Waals surface area (Å²) in [6.07, 6.45) is 4.51. The van der Waals surface area contributed by atoms with E-state index in [1.54, 1.807) is 13.0 Å². The van der Waals surface area contributed by atoms with E-state index in [0.29, 0.717) is 0 Å². The molecular formula is C23H26ClNO. The molecule has 0 bridgehead atoms. The molecule has 136 valence electrons. The summed E-state index contributed by atoms with van der Waals surface area (Å²) in [5, 5.41) is 0.753. The molecule has 3 heteroatoms. The molecule has 0 saturated heterocycles. The third-order valence-electron chi connectivity index (χ3n) is 5.66. The lowest BCUT2D eigenvalue weighted by atomic mass is 9.65. The lowest BCUT2D eigenvalue weighted by Crippen LogP contribution is -2.51. The summed E-state index contributed by atoms with van der Waals surface area (Å²) < 4.78 is 0. The number of hydrogen-bond acceptors (Lipinski definition) is 2. The van der Waals surface area contributed by atoms with Crippen molar-refractivity contribution in [1.82, 2.24) is 0 Å². The van der Waals surface area contributed by atoms with Crippen molar-refractivity contribution < 1.29 is 4.79 Å². The largest absolute Gasteiger partial charge is 0.369 e. The van der Waals surface area contributed by atoms with Crippen molar-refractivity contribution in [3.8, 4) is 0 Å². The van der Waals surface area contributed by atoms with Crippen LogP contribution in [0.3, 0.4) is 0 Å². The van der Waals surface area contributed by atoms with Crippen LogP contribution in [0, 0.1) is 0 Å². The van der Waals surface area contributed by atoms with Gasteiger partial charge in [0, 0.05) is 28.7 Å². The Morgan fingerprint density at radius 1 is 1.12 bits per heavy atom. The van der Waals surface area contributed by atoms with Gasteiger partial charge in [-0.25, -0.2) is 0 Å². The highest BCUT2D eigenvalue weighted by molar-refractivity contribution is 6.30. The lowest BCUT2D eigenvalue weighted by Gasteiger charge is -2.51. The second-order valence-electron chi connectivity index (χ2n) is 8.11. The molecule has 0 aliphatic carbocycles. The van der Waals surface area contributed by atoms with Crippen LogP contribution in [0.1, 0.15) is 50.8 Å². The van der Waals surface area contributed by atoms with E-state index in [9.17, 15) is 4.79 Å². The minimum Gasteiger partial charge on any atom is -0.369 e. The first-order valence-electron chi connectivity index (χ1n) is 8.96. The molecule has 1 atom stereocenters. The van der Waals surface area contributed by atoms with Crippen molar-refractivity contribution in [3.63, 3.8) is 0 Å². The smallest absolute Gasteiger partial charge is 0.152 e. The van der Waals surface area contributed by atoms with Gasteiger partial charge in [-0.3, -0.25) is 4.79 Å². The van der Waals surface area contributed by atoms with Crippen LogP contribution >= 0.6 is 11.6 Å². The number of carbonyl (C=O) groups is 1. The summed E-state index contributed by atoms with van der Waals surface area (Å²) in [5.74, 6) is 0.0569. The maximum atomic E-state index is 11.3. The van der Waals surface area contributed by atoms with Crippen LogP contribution in [-0.2, 0) is 10.2 Å². The first kappa shape index (κ1) is 18.7. The van der Waals surface area contributed by atoms with E-state index >= 15 is 0 Å². The van der Waals surface area contributed by atoms with E-state index < -0.39 is 0 Å². The molecule has 0 aromatic heterocycles. The Kier molecular flexibility index (Phi) is 4.74. The van der Waals surface area contributed by atoms with Gasteiger partial charge >= 0.3 is 0 Å². The molecule has 2 aromatic carbocycles. The SMILES string of the molecule is CC(=O)/C=C/c1ccc2c(c1)C(C)(c1ccc(Cl)cc1)CC(C)(C)N2C. The van der Waals surface area contributed by atoms with E-state index in [1.807, 2.05) is 18.2 Å². The van der Waals surface area contributed by atoms with Crippen LogP contribution in [0.4, 0.5) is 5.69 Å². The van der Waals surface area contributed by atoms with Crippen LogP contribution in [0.25, 0.3) is 6.08 Å². The zero-order valence-corrected chi connectivity index (χ0v) is 16.9. The summed E-state index contributed by atoms with van der Waals surface area (Å²) in [7, 11) is 2.16. The van der Waals surface area contributed by atoms with Gasteiger partial charge in [0.05, 0.1) is 0 Å². The molecule has 26 heavy (non-hydrogen) atoms. The lowest BCUT2D eigenvalue weighted by molar-refractivity contribution is -0.112. The van der Waals surface area contributed by atoms with E-state index in [1.165, 1.54) is 16.8 Å². The Bertz CT molecular complexity index is 866. The molecule has 0 radical (unpaired) electrons. The first-order chi connectivity index (χ1) is 12.1. The molecule has 1 unspecified atom stereocenters. The van der Waals surface area contributed by atoms with Crippen molar-refractivity contribution in [2.75, 3.05) is 11.9 Å². The van der Waals surface area contributed by atoms with Crippen molar-refractivity contribution in [3.05, 3.63) is 70.3 Å². The number of fused-ring (bicyclic) bond motifs is 1. The van der Waals surface area contributed by atoms with Gasteiger partial charge < -0.3 is 4.90 Å². The Morgan fingerprint density at radius 2 is 1.77 bits per heavy atom. The summed E-state index contributed by atoms with van der Waals surface area (Å²) in [4.78, 5) is 13.7. The van der Waals surface area contributed by atoms with Gasteiger partial charge in [-0.05, 0) is 74.2 Å². The molecule has 2 nitrogen and oxygen atoms in total. The van der Waals surface area contributed by atoms with Crippen LogP contribution in [0.5, 0.6) is 0 Å². The summed E-state index contributed by atoms with van der Waals surface area (Å²) >= 11 is 6.12. The van der Waals surface area contributed by atoms with Gasteiger partial charge in [-0.1, -0.05) is 42.8 Å². The summed E-state index contributed by atoms with van der Waals surface area (Å²) in [5.41, 5.74) is 4.73. The second kappa shape index (κ2) is 6.59. The van der Waals surface area contributed by atoms with Gasteiger partial charge in [0.2, 0.25) is 0 Å². The highest BCUT2D eigenvalue weighted by Crippen LogP contribution is 2.50. The monoisotopic (exact) mass is 367 g/mol. The minimum atomic E-state index is -0.129. The maximum absolute atomic E-state index is 11.3. The molecular weight excluding hydrogens is 342 g/mol. The third kappa shape index (κ3) is 3.31. The number of nitrogens with zero attached hydrogens (tertiary/aromatic N) is 1. The standard InChI is InChI=1S/C23H26ClNO/c1-16(26)6-7-17-8-13-21-20(14-17)23(4,15-22(2,3)25(21)5)18-9-11-19(24)12-10-18/h6-14H,15H2,1-5H3/b7-6+. The quantitative estimate of drug-likeness (QED) is 0.632. The van der Waals surface area contributed by atoms with Gasteiger partial charge in [0.1, 0.15) is 0 Å². The summed E-state index contributed by atoms with van der Waals surface area (Å²) in [6.45, 7) is 8.45. The molecule has 0 N–H and O–H groups in total. The zero-order chi connectivity index (χ0) is 19.1. The van der Waals surface area contributed by atoms with E-state index in [0.717, 1.165) is 17.0 Å². The van der Waals surface area contributed by atoms with Crippen molar-refractivity contribution >= 4 is 29.1 Å². The third-order valence-corrected chi connectivity index (χ3v) is 5.91. The number of benzene rings is 2. The van der Waals surface area contributed by atoms with Gasteiger partial charge in [0.25, 0.3) is 0 Å². The van der Waals surface area contributed by atoms with Crippen molar-refractivity contribution in [2.24, 2.45) is 0 Å². The van der Waals surface area contributed by atoms with Crippen LogP contribution in [0.15, 0.2) is 48.5 Å². The molecule has 0 saturated carbocycles. The number of allylic oxidation sites excluding steroid dienone is 1. The number of halogens is 1. The molecule has 0 amide bonds. The topological polar surface area (TPSA) is 20.3 Å². The molecule has 1 aliphatic rings. The minimum absolute atomic E-state index is 0.0259. The second-order valence-corrected chi connectivity index (χ2v) is 8.54. The predicted octanol–water partition coefficient (Wildman–Crippen LogP) is 5.87. The van der Waals surface area contributed by atoms with E-state index in [2.05, 4.69) is 63.1 Å². The fourth-order valence-corrected chi connectivity index (χ4v) is 4.21. The van der Waals surface area contributed by atoms with Gasteiger partial charge in [-0.2, -0.15) is 0 Å². The molecule has 0 spiro atoms. The summed E-state index contributed by atoms with van der Waals surface area (Å²) in [6, 6.07) is 14.7. The fourth-order valence-electron chi connectivity index (χ4n) is 4.09. The first-order valence-corrected chi connectivity index (χ1v) is 9.34. The van der Waals surface area contributed by atoms with Crippen LogP contribution < -0.4 is 4.90 Å². The van der Waals surface area contributed by atoms with E-state index in [4.69, 9.17) is 11.6 Å². The molecule has 3 rings (SSSR count). The zero-order valence-electron chi connectivity index (χ0n) is 16.1. The number of carbonyl (C=O) groups excluding carboxylic acids is 1. The maximum Gasteiger partial charge on any atom is 0.152 e. The molecule has 2 aromatic rings. The highest BCUT2D eigenvalue weighted by atomic mass is 35.5. The van der Waals surface area contributed by atoms with Gasteiger partial charge in [-0.15, -0.1) is 0 Å². The van der Waals surface area contributed by atoms with Gasteiger partial charge in [0.15, 0.2) is 5.78 Å². The van der Waals surface area contributed by atoms with Crippen molar-refractivity contribution in [1.29, 1.82) is 0 Å². The van der Waals surface area contributed by atoms with Crippen molar-refractivity contribution in [2.45, 2.75) is 45.1 Å². The molecule has 1 heterocycles.